The van der Waals surface area contributed by atoms with Crippen molar-refractivity contribution < 1.29 is 4.79 Å². The third kappa shape index (κ3) is 2.48. The molecule has 1 aromatic heterocycles. The Morgan fingerprint density at radius 2 is 2.40 bits per heavy atom. The monoisotopic (exact) mass is 334 g/mol. The molecule has 2 heterocycles. The molecular formula is C14H15BrN4O. The van der Waals surface area contributed by atoms with Gasteiger partial charge in [-0.3, -0.25) is 10.1 Å². The number of anilines is 1. The number of nitrogens with one attached hydrogen (secondary N) is 2. The standard InChI is InChI=1S/C14H15BrN4O/c1-9(7-19-6-5-16-8-19)17-13-12-10(15)3-2-4-11(12)18-14(13)20/h2-6,8-9,13,17H,7H2,1H3,(H,18,20). The van der Waals surface area contributed by atoms with Crippen LogP contribution in [0, 0.1) is 0 Å². The number of fused-ring (bicyclic) bond motifs is 1. The molecule has 1 aliphatic heterocycles. The van der Waals surface area contributed by atoms with Gasteiger partial charge in [-0.2, -0.15) is 0 Å². The zero-order chi connectivity index (χ0) is 14.1. The molecule has 2 N–H and O–H groups in total. The van der Waals surface area contributed by atoms with Crippen molar-refractivity contribution in [2.24, 2.45) is 0 Å². The lowest BCUT2D eigenvalue weighted by Gasteiger charge is -2.19. The van der Waals surface area contributed by atoms with Crippen molar-refractivity contribution in [2.45, 2.75) is 25.6 Å². The summed E-state index contributed by atoms with van der Waals surface area (Å²) in [7, 11) is 0. The smallest absolute Gasteiger partial charge is 0.246 e. The number of benzene rings is 1. The van der Waals surface area contributed by atoms with E-state index in [-0.39, 0.29) is 18.0 Å². The van der Waals surface area contributed by atoms with E-state index in [9.17, 15) is 4.79 Å². The first-order chi connectivity index (χ1) is 9.65. The van der Waals surface area contributed by atoms with Crippen LogP contribution in [0.3, 0.4) is 0 Å². The first-order valence-electron chi connectivity index (χ1n) is 6.46. The molecule has 1 aromatic carbocycles. The van der Waals surface area contributed by atoms with Gasteiger partial charge < -0.3 is 9.88 Å². The van der Waals surface area contributed by atoms with E-state index in [1.807, 2.05) is 29.0 Å². The number of hydrogen-bond donors (Lipinski definition) is 2. The molecule has 0 bridgehead atoms. The predicted molar refractivity (Wildman–Crippen MR) is 80.3 cm³/mol. The van der Waals surface area contributed by atoms with Crippen LogP contribution in [-0.4, -0.2) is 21.5 Å². The maximum absolute atomic E-state index is 12.1. The van der Waals surface area contributed by atoms with Crippen LogP contribution >= 0.6 is 15.9 Å². The maximum atomic E-state index is 12.1. The molecular weight excluding hydrogens is 320 g/mol. The highest BCUT2D eigenvalue weighted by Crippen LogP contribution is 2.36. The van der Waals surface area contributed by atoms with Gasteiger partial charge in [-0.1, -0.05) is 22.0 Å². The summed E-state index contributed by atoms with van der Waals surface area (Å²) in [5.74, 6) is -0.00983. The van der Waals surface area contributed by atoms with Crippen molar-refractivity contribution in [2.75, 3.05) is 5.32 Å². The van der Waals surface area contributed by atoms with Crippen LogP contribution < -0.4 is 10.6 Å². The molecule has 0 spiro atoms. The minimum Gasteiger partial charge on any atom is -0.336 e. The van der Waals surface area contributed by atoms with Crippen LogP contribution in [0.25, 0.3) is 0 Å². The summed E-state index contributed by atoms with van der Waals surface area (Å²) in [4.78, 5) is 16.1. The summed E-state index contributed by atoms with van der Waals surface area (Å²) in [5, 5.41) is 6.28. The van der Waals surface area contributed by atoms with Gasteiger partial charge in [0.05, 0.1) is 6.33 Å². The number of rotatable bonds is 4. The highest BCUT2D eigenvalue weighted by atomic mass is 79.9. The van der Waals surface area contributed by atoms with Crippen molar-refractivity contribution >= 4 is 27.5 Å². The molecule has 6 heteroatoms. The Morgan fingerprint density at radius 3 is 3.15 bits per heavy atom. The second-order valence-electron chi connectivity index (χ2n) is 4.95. The van der Waals surface area contributed by atoms with Gasteiger partial charge in [-0.15, -0.1) is 0 Å². The Kier molecular flexibility index (Phi) is 3.58. The van der Waals surface area contributed by atoms with Gasteiger partial charge in [0.2, 0.25) is 5.91 Å². The van der Waals surface area contributed by atoms with Gasteiger partial charge >= 0.3 is 0 Å². The van der Waals surface area contributed by atoms with Crippen molar-refractivity contribution in [1.82, 2.24) is 14.9 Å². The van der Waals surface area contributed by atoms with Gasteiger partial charge in [0.25, 0.3) is 0 Å². The number of aromatic nitrogens is 2. The SMILES string of the molecule is CC(Cn1ccnc1)NC1C(=O)Nc2cccc(Br)c21. The first kappa shape index (κ1) is 13.3. The zero-order valence-corrected chi connectivity index (χ0v) is 12.6. The molecule has 3 rings (SSSR count). The Labute approximate surface area is 125 Å². The lowest BCUT2D eigenvalue weighted by Crippen LogP contribution is -2.37. The molecule has 0 aliphatic carbocycles. The Morgan fingerprint density at radius 1 is 1.55 bits per heavy atom. The molecule has 104 valence electrons. The third-order valence-corrected chi connectivity index (χ3v) is 4.05. The quantitative estimate of drug-likeness (QED) is 0.902. The summed E-state index contributed by atoms with van der Waals surface area (Å²) < 4.78 is 2.94. The maximum Gasteiger partial charge on any atom is 0.246 e. The highest BCUT2D eigenvalue weighted by molar-refractivity contribution is 9.10. The predicted octanol–water partition coefficient (Wildman–Crippen LogP) is 2.32. The fourth-order valence-corrected chi connectivity index (χ4v) is 3.08. The summed E-state index contributed by atoms with van der Waals surface area (Å²) in [6.45, 7) is 2.83. The van der Waals surface area contributed by atoms with E-state index in [1.165, 1.54) is 0 Å². The van der Waals surface area contributed by atoms with Crippen LogP contribution in [0.4, 0.5) is 5.69 Å². The zero-order valence-electron chi connectivity index (χ0n) is 11.0. The van der Waals surface area contributed by atoms with Crippen molar-refractivity contribution in [3.63, 3.8) is 0 Å². The summed E-state index contributed by atoms with van der Waals surface area (Å²) in [6, 6.07) is 5.62. The Hall–Kier alpha value is -1.66. The normalized spacial score (nSPS) is 18.7. The van der Waals surface area contributed by atoms with E-state index in [4.69, 9.17) is 0 Å². The number of nitrogens with zero attached hydrogens (tertiary/aromatic N) is 2. The highest BCUT2D eigenvalue weighted by Gasteiger charge is 2.32. The van der Waals surface area contributed by atoms with Crippen LogP contribution in [-0.2, 0) is 11.3 Å². The molecule has 0 radical (unpaired) electrons. The minimum atomic E-state index is -0.320. The van der Waals surface area contributed by atoms with Gasteiger partial charge in [-0.25, -0.2) is 4.98 Å². The molecule has 2 unspecified atom stereocenters. The largest absolute Gasteiger partial charge is 0.336 e. The summed E-state index contributed by atoms with van der Waals surface area (Å²) in [5.41, 5.74) is 1.85. The molecule has 2 aromatic rings. The van der Waals surface area contributed by atoms with Crippen molar-refractivity contribution in [1.29, 1.82) is 0 Å². The van der Waals surface area contributed by atoms with E-state index < -0.39 is 0 Å². The van der Waals surface area contributed by atoms with Crippen LogP contribution in [0.5, 0.6) is 0 Å². The minimum absolute atomic E-state index is 0.00983. The number of carbonyl (C=O) groups is 1. The molecule has 0 saturated carbocycles. The van der Waals surface area contributed by atoms with Gasteiger partial charge in [0.15, 0.2) is 0 Å². The van der Waals surface area contributed by atoms with E-state index in [1.54, 1.807) is 12.5 Å². The van der Waals surface area contributed by atoms with Crippen molar-refractivity contribution in [3.05, 3.63) is 47.0 Å². The average Bonchev–Trinajstić information content (AvgIpc) is 2.99. The second-order valence-corrected chi connectivity index (χ2v) is 5.80. The molecule has 0 fully saturated rings. The molecule has 2 atom stereocenters. The second kappa shape index (κ2) is 5.38. The van der Waals surface area contributed by atoms with Gasteiger partial charge in [-0.05, 0) is 19.1 Å². The number of carbonyl (C=O) groups excluding carboxylic acids is 1. The molecule has 0 saturated heterocycles. The van der Waals surface area contributed by atoms with Crippen molar-refractivity contribution in [3.8, 4) is 0 Å². The molecule has 20 heavy (non-hydrogen) atoms. The number of imidazole rings is 1. The van der Waals surface area contributed by atoms with Gasteiger partial charge in [0.1, 0.15) is 6.04 Å². The van der Waals surface area contributed by atoms with E-state index >= 15 is 0 Å². The van der Waals surface area contributed by atoms with Crippen LogP contribution in [0.1, 0.15) is 18.5 Å². The summed E-state index contributed by atoms with van der Waals surface area (Å²) in [6.07, 6.45) is 5.44. The Bertz CT molecular complexity index is 626. The first-order valence-corrected chi connectivity index (χ1v) is 7.25. The van der Waals surface area contributed by atoms with Crippen LogP contribution in [0.15, 0.2) is 41.4 Å². The van der Waals surface area contributed by atoms with E-state index in [2.05, 4.69) is 38.5 Å². The summed E-state index contributed by atoms with van der Waals surface area (Å²) >= 11 is 3.52. The van der Waals surface area contributed by atoms with E-state index in [0.29, 0.717) is 0 Å². The number of hydrogen-bond acceptors (Lipinski definition) is 3. The fraction of sp³-hybridized carbons (Fsp3) is 0.286. The molecule has 5 nitrogen and oxygen atoms in total. The van der Waals surface area contributed by atoms with Gasteiger partial charge in [0, 0.05) is 40.7 Å². The van der Waals surface area contributed by atoms with E-state index in [0.717, 1.165) is 22.3 Å². The van der Waals surface area contributed by atoms with Crippen LogP contribution in [0.2, 0.25) is 0 Å². The molecule has 1 amide bonds. The topological polar surface area (TPSA) is 59.0 Å². The fourth-order valence-electron chi connectivity index (χ4n) is 2.48. The average molecular weight is 335 g/mol. The molecule has 1 aliphatic rings. The Balaban J connectivity index is 1.76. The lowest BCUT2D eigenvalue weighted by atomic mass is 10.1. The number of amides is 1. The third-order valence-electron chi connectivity index (χ3n) is 3.36. The lowest BCUT2D eigenvalue weighted by molar-refractivity contribution is -0.117. The number of halogens is 1.